The molecule has 2 aromatic heterocycles. The Morgan fingerprint density at radius 3 is 3.13 bits per heavy atom. The molecular formula is C16H22N6O. The predicted octanol–water partition coefficient (Wildman–Crippen LogP) is 0.456. The zero-order chi connectivity index (χ0) is 16.1. The molecule has 0 fully saturated rings. The highest BCUT2D eigenvalue weighted by Crippen LogP contribution is 2.09. The van der Waals surface area contributed by atoms with Gasteiger partial charge in [-0.2, -0.15) is 5.10 Å². The number of nitrogens with one attached hydrogen (secondary N) is 2. The lowest BCUT2D eigenvalue weighted by molar-refractivity contribution is -0.121. The molecule has 2 aromatic rings. The first-order valence-electron chi connectivity index (χ1n) is 8.01. The highest BCUT2D eigenvalue weighted by atomic mass is 16.1. The van der Waals surface area contributed by atoms with Gasteiger partial charge in [-0.3, -0.25) is 19.4 Å². The fourth-order valence-corrected chi connectivity index (χ4v) is 2.76. The SMILES string of the molecule is C[C@H](Cc1cnccn1)NC(=O)CCc1cc2n(n1)CCNC2. The van der Waals surface area contributed by atoms with E-state index in [-0.39, 0.29) is 11.9 Å². The number of aryl methyl sites for hydroxylation is 1. The van der Waals surface area contributed by atoms with Crippen molar-refractivity contribution in [3.05, 3.63) is 41.7 Å². The minimum atomic E-state index is 0.0404. The number of amides is 1. The van der Waals surface area contributed by atoms with Crippen LogP contribution in [0, 0.1) is 0 Å². The highest BCUT2D eigenvalue weighted by molar-refractivity contribution is 5.76. The van der Waals surface area contributed by atoms with Gasteiger partial charge in [-0.1, -0.05) is 0 Å². The average Bonchev–Trinajstić information content (AvgIpc) is 2.96. The molecule has 122 valence electrons. The van der Waals surface area contributed by atoms with Crippen molar-refractivity contribution in [3.8, 4) is 0 Å². The topological polar surface area (TPSA) is 84.7 Å². The summed E-state index contributed by atoms with van der Waals surface area (Å²) in [5.41, 5.74) is 3.07. The van der Waals surface area contributed by atoms with Crippen molar-refractivity contribution in [2.24, 2.45) is 0 Å². The summed E-state index contributed by atoms with van der Waals surface area (Å²) in [6.07, 6.45) is 6.85. The van der Waals surface area contributed by atoms with E-state index >= 15 is 0 Å². The third-order valence-corrected chi connectivity index (χ3v) is 3.87. The van der Waals surface area contributed by atoms with Gasteiger partial charge in [-0.25, -0.2) is 0 Å². The highest BCUT2D eigenvalue weighted by Gasteiger charge is 2.13. The molecule has 23 heavy (non-hydrogen) atoms. The molecule has 0 aromatic carbocycles. The second-order valence-corrected chi connectivity index (χ2v) is 5.90. The van der Waals surface area contributed by atoms with Gasteiger partial charge in [0.2, 0.25) is 5.91 Å². The van der Waals surface area contributed by atoms with E-state index in [9.17, 15) is 4.79 Å². The van der Waals surface area contributed by atoms with Crippen molar-refractivity contribution in [2.45, 2.75) is 45.3 Å². The number of fused-ring (bicyclic) bond motifs is 1. The maximum absolute atomic E-state index is 12.1. The molecule has 0 unspecified atom stereocenters. The Balaban J connectivity index is 1.45. The molecule has 0 spiro atoms. The molecule has 1 amide bonds. The summed E-state index contributed by atoms with van der Waals surface area (Å²) >= 11 is 0. The molecule has 0 bridgehead atoms. The fourth-order valence-electron chi connectivity index (χ4n) is 2.76. The summed E-state index contributed by atoms with van der Waals surface area (Å²) in [5, 5.41) is 10.9. The van der Waals surface area contributed by atoms with Gasteiger partial charge in [0, 0.05) is 57.0 Å². The monoisotopic (exact) mass is 314 g/mol. The van der Waals surface area contributed by atoms with Crippen LogP contribution in [-0.2, 0) is 30.7 Å². The first kappa shape index (κ1) is 15.6. The van der Waals surface area contributed by atoms with Crippen LogP contribution < -0.4 is 10.6 Å². The quantitative estimate of drug-likeness (QED) is 0.809. The van der Waals surface area contributed by atoms with Crippen LogP contribution in [0.1, 0.15) is 30.4 Å². The number of carbonyl (C=O) groups excluding carboxylic acids is 1. The van der Waals surface area contributed by atoms with Crippen LogP contribution in [0.5, 0.6) is 0 Å². The van der Waals surface area contributed by atoms with Crippen LogP contribution in [0.25, 0.3) is 0 Å². The van der Waals surface area contributed by atoms with Crippen molar-refractivity contribution in [2.75, 3.05) is 6.54 Å². The lowest BCUT2D eigenvalue weighted by Gasteiger charge is -2.13. The molecule has 0 radical (unpaired) electrons. The molecule has 1 aliphatic rings. The average molecular weight is 314 g/mol. The van der Waals surface area contributed by atoms with Crippen LogP contribution in [0.15, 0.2) is 24.7 Å². The lowest BCUT2D eigenvalue weighted by atomic mass is 10.1. The zero-order valence-electron chi connectivity index (χ0n) is 13.3. The summed E-state index contributed by atoms with van der Waals surface area (Å²) in [5.74, 6) is 0.0467. The molecule has 7 nitrogen and oxygen atoms in total. The van der Waals surface area contributed by atoms with Crippen molar-refractivity contribution in [1.29, 1.82) is 0 Å². The van der Waals surface area contributed by atoms with Gasteiger partial charge in [-0.05, 0) is 13.0 Å². The van der Waals surface area contributed by atoms with E-state index in [2.05, 4.69) is 31.8 Å². The van der Waals surface area contributed by atoms with Gasteiger partial charge in [-0.15, -0.1) is 0 Å². The molecular weight excluding hydrogens is 292 g/mol. The Bertz CT molecular complexity index is 630. The zero-order valence-corrected chi connectivity index (χ0v) is 13.3. The molecule has 0 aliphatic carbocycles. The molecule has 3 rings (SSSR count). The van der Waals surface area contributed by atoms with Gasteiger partial charge in [0.1, 0.15) is 0 Å². The first-order valence-corrected chi connectivity index (χ1v) is 8.01. The molecule has 1 aliphatic heterocycles. The number of nitrogens with zero attached hydrogens (tertiary/aromatic N) is 4. The minimum absolute atomic E-state index is 0.0404. The maximum atomic E-state index is 12.1. The van der Waals surface area contributed by atoms with E-state index in [1.807, 2.05) is 11.6 Å². The third-order valence-electron chi connectivity index (χ3n) is 3.87. The number of hydrogen-bond acceptors (Lipinski definition) is 5. The number of rotatable bonds is 6. The second kappa shape index (κ2) is 7.32. The van der Waals surface area contributed by atoms with Gasteiger partial charge in [0.25, 0.3) is 0 Å². The van der Waals surface area contributed by atoms with Gasteiger partial charge in [0.15, 0.2) is 0 Å². The predicted molar refractivity (Wildman–Crippen MR) is 85.6 cm³/mol. The largest absolute Gasteiger partial charge is 0.353 e. The Morgan fingerprint density at radius 1 is 1.43 bits per heavy atom. The van der Waals surface area contributed by atoms with Crippen LogP contribution >= 0.6 is 0 Å². The molecule has 3 heterocycles. The van der Waals surface area contributed by atoms with E-state index in [0.717, 1.165) is 31.0 Å². The van der Waals surface area contributed by atoms with Gasteiger partial charge in [0.05, 0.1) is 23.6 Å². The maximum Gasteiger partial charge on any atom is 0.220 e. The van der Waals surface area contributed by atoms with E-state index in [0.29, 0.717) is 19.3 Å². The van der Waals surface area contributed by atoms with Crippen molar-refractivity contribution < 1.29 is 4.79 Å². The van der Waals surface area contributed by atoms with Crippen molar-refractivity contribution in [3.63, 3.8) is 0 Å². The summed E-state index contributed by atoms with van der Waals surface area (Å²) in [4.78, 5) is 20.3. The van der Waals surface area contributed by atoms with Crippen LogP contribution in [0.4, 0.5) is 0 Å². The summed E-state index contributed by atoms with van der Waals surface area (Å²) < 4.78 is 2.03. The fraction of sp³-hybridized carbons (Fsp3) is 0.500. The van der Waals surface area contributed by atoms with Crippen LogP contribution in [-0.4, -0.2) is 38.2 Å². The molecule has 0 saturated heterocycles. The third kappa shape index (κ3) is 4.35. The van der Waals surface area contributed by atoms with Crippen LogP contribution in [0.3, 0.4) is 0 Å². The lowest BCUT2D eigenvalue weighted by Crippen LogP contribution is -2.34. The van der Waals surface area contributed by atoms with E-state index in [1.54, 1.807) is 18.6 Å². The summed E-state index contributed by atoms with van der Waals surface area (Å²) in [6.45, 7) is 4.69. The van der Waals surface area contributed by atoms with Gasteiger partial charge < -0.3 is 10.6 Å². The summed E-state index contributed by atoms with van der Waals surface area (Å²) in [6, 6.07) is 2.13. The number of hydrogen-bond donors (Lipinski definition) is 2. The molecule has 0 saturated carbocycles. The number of aromatic nitrogens is 4. The molecule has 7 heteroatoms. The molecule has 2 N–H and O–H groups in total. The summed E-state index contributed by atoms with van der Waals surface area (Å²) in [7, 11) is 0. The normalized spacial score (nSPS) is 15.0. The Hall–Kier alpha value is -2.28. The van der Waals surface area contributed by atoms with Crippen LogP contribution in [0.2, 0.25) is 0 Å². The Labute approximate surface area is 135 Å². The van der Waals surface area contributed by atoms with E-state index in [4.69, 9.17) is 0 Å². The van der Waals surface area contributed by atoms with Crippen molar-refractivity contribution >= 4 is 5.91 Å². The smallest absolute Gasteiger partial charge is 0.220 e. The standard InChI is InChI=1S/C16H22N6O/c1-12(8-14-10-17-4-5-19-14)20-16(23)3-2-13-9-15-11-18-6-7-22(15)21-13/h4-5,9-10,12,18H,2-3,6-8,11H2,1H3,(H,20,23)/t12-/m1/s1. The molecule has 1 atom stereocenters. The minimum Gasteiger partial charge on any atom is -0.353 e. The van der Waals surface area contributed by atoms with E-state index < -0.39 is 0 Å². The van der Waals surface area contributed by atoms with Gasteiger partial charge >= 0.3 is 0 Å². The Kier molecular flexibility index (Phi) is 4.97. The van der Waals surface area contributed by atoms with E-state index in [1.165, 1.54) is 5.69 Å². The first-order chi connectivity index (χ1) is 11.2. The van der Waals surface area contributed by atoms with Crippen molar-refractivity contribution in [1.82, 2.24) is 30.4 Å². The Morgan fingerprint density at radius 2 is 2.35 bits per heavy atom. The second-order valence-electron chi connectivity index (χ2n) is 5.90. The number of carbonyl (C=O) groups is 1.